The van der Waals surface area contributed by atoms with E-state index in [9.17, 15) is 9.59 Å². The summed E-state index contributed by atoms with van der Waals surface area (Å²) in [6, 6.07) is 14.1. The van der Waals surface area contributed by atoms with Crippen molar-refractivity contribution in [1.29, 1.82) is 0 Å². The standard InChI is InChI=1S/C23H28N2O4/c1-17(2)11-14-29-19-9-7-18(8-10-19)22(26)24-21-6-4-3-5-20(21)23(27)25-12-15-28-16-13-25/h3-10,17H,11-16H2,1-2H3,(H,24,26). The van der Waals surface area contributed by atoms with Gasteiger partial charge in [-0.05, 0) is 48.7 Å². The Bertz CT molecular complexity index is 827. The van der Waals surface area contributed by atoms with Crippen LogP contribution in [0.15, 0.2) is 48.5 Å². The van der Waals surface area contributed by atoms with Gasteiger partial charge in [0.1, 0.15) is 5.75 Å². The molecule has 0 aromatic heterocycles. The minimum atomic E-state index is -0.263. The van der Waals surface area contributed by atoms with E-state index in [4.69, 9.17) is 9.47 Å². The Hall–Kier alpha value is -2.86. The molecule has 0 spiro atoms. The van der Waals surface area contributed by atoms with Crippen LogP contribution in [-0.2, 0) is 4.74 Å². The maximum atomic E-state index is 12.8. The molecule has 1 aliphatic rings. The molecule has 154 valence electrons. The Labute approximate surface area is 171 Å². The zero-order valence-corrected chi connectivity index (χ0v) is 17.0. The topological polar surface area (TPSA) is 67.9 Å². The van der Waals surface area contributed by atoms with Gasteiger partial charge in [-0.1, -0.05) is 26.0 Å². The first kappa shape index (κ1) is 20.9. The minimum Gasteiger partial charge on any atom is -0.494 e. The molecule has 0 radical (unpaired) electrons. The van der Waals surface area contributed by atoms with Crippen LogP contribution in [0.3, 0.4) is 0 Å². The average Bonchev–Trinajstić information content (AvgIpc) is 2.74. The van der Waals surface area contributed by atoms with E-state index < -0.39 is 0 Å². The van der Waals surface area contributed by atoms with Crippen molar-refractivity contribution in [3.05, 3.63) is 59.7 Å². The molecule has 1 saturated heterocycles. The van der Waals surface area contributed by atoms with E-state index in [1.807, 2.05) is 0 Å². The van der Waals surface area contributed by atoms with Crippen molar-refractivity contribution in [2.24, 2.45) is 5.92 Å². The SMILES string of the molecule is CC(C)CCOc1ccc(C(=O)Nc2ccccc2C(=O)N2CCOCC2)cc1. The summed E-state index contributed by atoms with van der Waals surface area (Å²) >= 11 is 0. The summed E-state index contributed by atoms with van der Waals surface area (Å²) in [7, 11) is 0. The fraction of sp³-hybridized carbons (Fsp3) is 0.391. The van der Waals surface area contributed by atoms with E-state index in [2.05, 4.69) is 19.2 Å². The highest BCUT2D eigenvalue weighted by Crippen LogP contribution is 2.20. The van der Waals surface area contributed by atoms with Crippen molar-refractivity contribution in [3.63, 3.8) is 0 Å². The monoisotopic (exact) mass is 396 g/mol. The Morgan fingerprint density at radius 3 is 2.45 bits per heavy atom. The van der Waals surface area contributed by atoms with Crippen molar-refractivity contribution < 1.29 is 19.1 Å². The molecule has 0 unspecified atom stereocenters. The van der Waals surface area contributed by atoms with Gasteiger partial charge in [-0.15, -0.1) is 0 Å². The molecule has 1 aliphatic heterocycles. The Morgan fingerprint density at radius 1 is 1.07 bits per heavy atom. The van der Waals surface area contributed by atoms with Gasteiger partial charge in [0.2, 0.25) is 0 Å². The molecule has 1 heterocycles. The normalized spacial score (nSPS) is 14.0. The molecule has 29 heavy (non-hydrogen) atoms. The molecule has 6 heteroatoms. The van der Waals surface area contributed by atoms with E-state index in [-0.39, 0.29) is 11.8 Å². The quantitative estimate of drug-likeness (QED) is 0.772. The lowest BCUT2D eigenvalue weighted by Gasteiger charge is -2.27. The number of carbonyl (C=O) groups is 2. The number of rotatable bonds is 7. The maximum Gasteiger partial charge on any atom is 0.256 e. The van der Waals surface area contributed by atoms with Crippen molar-refractivity contribution in [2.75, 3.05) is 38.2 Å². The second-order valence-corrected chi connectivity index (χ2v) is 7.46. The first-order chi connectivity index (χ1) is 14.0. The Morgan fingerprint density at radius 2 is 1.76 bits per heavy atom. The summed E-state index contributed by atoms with van der Waals surface area (Å²) in [6.45, 7) is 7.13. The van der Waals surface area contributed by atoms with Gasteiger partial charge in [0, 0.05) is 18.7 Å². The zero-order chi connectivity index (χ0) is 20.6. The lowest BCUT2D eigenvalue weighted by molar-refractivity contribution is 0.0303. The van der Waals surface area contributed by atoms with Crippen LogP contribution in [0.25, 0.3) is 0 Å². The molecular formula is C23H28N2O4. The van der Waals surface area contributed by atoms with Crippen LogP contribution in [0.4, 0.5) is 5.69 Å². The number of anilines is 1. The Kier molecular flexibility index (Phi) is 7.25. The number of nitrogens with one attached hydrogen (secondary N) is 1. The highest BCUT2D eigenvalue weighted by molar-refractivity contribution is 6.09. The molecule has 0 bridgehead atoms. The van der Waals surface area contributed by atoms with Crippen molar-refractivity contribution in [3.8, 4) is 5.75 Å². The van der Waals surface area contributed by atoms with Gasteiger partial charge >= 0.3 is 0 Å². The molecule has 1 fully saturated rings. The molecule has 0 aliphatic carbocycles. The van der Waals surface area contributed by atoms with E-state index in [0.717, 1.165) is 12.2 Å². The summed E-state index contributed by atoms with van der Waals surface area (Å²) in [5.41, 5.74) is 1.50. The fourth-order valence-corrected chi connectivity index (χ4v) is 3.02. The number of carbonyl (C=O) groups excluding carboxylic acids is 2. The highest BCUT2D eigenvalue weighted by Gasteiger charge is 2.21. The van der Waals surface area contributed by atoms with Gasteiger partial charge in [0.25, 0.3) is 11.8 Å². The minimum absolute atomic E-state index is 0.0990. The molecule has 6 nitrogen and oxygen atoms in total. The third-order valence-corrected chi connectivity index (χ3v) is 4.78. The van der Waals surface area contributed by atoms with E-state index in [1.54, 1.807) is 53.4 Å². The van der Waals surface area contributed by atoms with Gasteiger partial charge in [0.05, 0.1) is 31.1 Å². The average molecular weight is 396 g/mol. The molecule has 2 aromatic carbocycles. The van der Waals surface area contributed by atoms with Gasteiger partial charge in [0.15, 0.2) is 0 Å². The number of ether oxygens (including phenoxy) is 2. The van der Waals surface area contributed by atoms with Crippen LogP contribution in [0.2, 0.25) is 0 Å². The fourth-order valence-electron chi connectivity index (χ4n) is 3.02. The van der Waals surface area contributed by atoms with Crippen molar-refractivity contribution in [2.45, 2.75) is 20.3 Å². The smallest absolute Gasteiger partial charge is 0.256 e. The van der Waals surface area contributed by atoms with Crippen LogP contribution in [-0.4, -0.2) is 49.6 Å². The van der Waals surface area contributed by atoms with Gasteiger partial charge in [-0.3, -0.25) is 9.59 Å². The number of benzene rings is 2. The second kappa shape index (κ2) is 10.1. The summed E-state index contributed by atoms with van der Waals surface area (Å²) in [4.78, 5) is 27.3. The van der Waals surface area contributed by atoms with Gasteiger partial charge < -0.3 is 19.7 Å². The maximum absolute atomic E-state index is 12.8. The first-order valence-electron chi connectivity index (χ1n) is 10.0. The largest absolute Gasteiger partial charge is 0.494 e. The summed E-state index contributed by atoms with van der Waals surface area (Å²) in [6.07, 6.45) is 0.982. The van der Waals surface area contributed by atoms with Crippen LogP contribution in [0.5, 0.6) is 5.75 Å². The first-order valence-corrected chi connectivity index (χ1v) is 10.0. The van der Waals surface area contributed by atoms with Gasteiger partial charge in [-0.25, -0.2) is 0 Å². The number of nitrogens with zero attached hydrogens (tertiary/aromatic N) is 1. The summed E-state index contributed by atoms with van der Waals surface area (Å²) in [5, 5.41) is 2.87. The van der Waals surface area contributed by atoms with Crippen molar-refractivity contribution in [1.82, 2.24) is 4.90 Å². The van der Waals surface area contributed by atoms with Crippen LogP contribution in [0.1, 0.15) is 41.0 Å². The predicted octanol–water partition coefficient (Wildman–Crippen LogP) is 3.84. The summed E-state index contributed by atoms with van der Waals surface area (Å²) < 4.78 is 11.0. The molecule has 0 atom stereocenters. The second-order valence-electron chi connectivity index (χ2n) is 7.46. The van der Waals surface area contributed by atoms with E-state index in [1.165, 1.54) is 0 Å². The molecule has 2 aromatic rings. The highest BCUT2D eigenvalue weighted by atomic mass is 16.5. The Balaban J connectivity index is 1.65. The summed E-state index contributed by atoms with van der Waals surface area (Å²) in [5.74, 6) is 0.962. The van der Waals surface area contributed by atoms with Crippen LogP contribution in [0, 0.1) is 5.92 Å². The van der Waals surface area contributed by atoms with E-state index in [0.29, 0.717) is 55.6 Å². The number of hydrogen-bond donors (Lipinski definition) is 1. The van der Waals surface area contributed by atoms with E-state index >= 15 is 0 Å². The van der Waals surface area contributed by atoms with Crippen molar-refractivity contribution >= 4 is 17.5 Å². The molecule has 0 saturated carbocycles. The van der Waals surface area contributed by atoms with Crippen LogP contribution >= 0.6 is 0 Å². The third-order valence-electron chi connectivity index (χ3n) is 4.78. The molecule has 3 rings (SSSR count). The lowest BCUT2D eigenvalue weighted by atomic mass is 10.1. The lowest BCUT2D eigenvalue weighted by Crippen LogP contribution is -2.41. The van der Waals surface area contributed by atoms with Crippen LogP contribution < -0.4 is 10.1 Å². The number of hydrogen-bond acceptors (Lipinski definition) is 4. The third kappa shape index (κ3) is 5.81. The molecule has 1 N–H and O–H groups in total. The number of amides is 2. The molecular weight excluding hydrogens is 368 g/mol. The zero-order valence-electron chi connectivity index (χ0n) is 17.0. The number of morpholine rings is 1. The molecule has 2 amide bonds. The van der Waals surface area contributed by atoms with Gasteiger partial charge in [-0.2, -0.15) is 0 Å². The predicted molar refractivity (Wildman–Crippen MR) is 113 cm³/mol. The number of para-hydroxylation sites is 1.